The lowest BCUT2D eigenvalue weighted by atomic mass is 10.1. The van der Waals surface area contributed by atoms with E-state index in [1.165, 1.54) is 45.3 Å². The Labute approximate surface area is 105 Å². The number of carbonyl (C=O) groups is 1. The first-order valence-corrected chi connectivity index (χ1v) is 6.39. The minimum absolute atomic E-state index is 0.324. The summed E-state index contributed by atoms with van der Waals surface area (Å²) in [6.07, 6.45) is 18.7. The molecule has 2 nitrogen and oxygen atoms in total. The van der Waals surface area contributed by atoms with Crippen LogP contribution in [0.1, 0.15) is 45.4 Å². The summed E-state index contributed by atoms with van der Waals surface area (Å²) in [5.41, 5.74) is 0. The van der Waals surface area contributed by atoms with Gasteiger partial charge in [0.15, 0.2) is 0 Å². The van der Waals surface area contributed by atoms with Gasteiger partial charge in [0.2, 0.25) is 0 Å². The van der Waals surface area contributed by atoms with Crippen molar-refractivity contribution < 1.29 is 9.53 Å². The molecule has 0 fully saturated rings. The predicted molar refractivity (Wildman–Crippen MR) is 72.8 cm³/mol. The molecule has 0 heterocycles. The molecule has 0 aromatic carbocycles. The van der Waals surface area contributed by atoms with E-state index in [2.05, 4.69) is 17.7 Å². The first-order valence-electron chi connectivity index (χ1n) is 6.39. The van der Waals surface area contributed by atoms with Gasteiger partial charge in [0.1, 0.15) is 0 Å². The first kappa shape index (κ1) is 15.7. The molecule has 0 saturated carbocycles. The van der Waals surface area contributed by atoms with Gasteiger partial charge >= 0.3 is 5.97 Å². The average molecular weight is 236 g/mol. The predicted octanol–water partition coefficient (Wildman–Crippen LogP) is 4.19. The second kappa shape index (κ2) is 12.8. The quantitative estimate of drug-likeness (QED) is 0.260. The summed E-state index contributed by atoms with van der Waals surface area (Å²) in [7, 11) is 1.37. The average Bonchev–Trinajstić information content (AvgIpc) is 2.35. The van der Waals surface area contributed by atoms with E-state index in [9.17, 15) is 4.79 Å². The van der Waals surface area contributed by atoms with E-state index in [1.807, 2.05) is 18.2 Å². The molecule has 0 amide bonds. The zero-order valence-corrected chi connectivity index (χ0v) is 11.0. The van der Waals surface area contributed by atoms with Crippen LogP contribution in [0.2, 0.25) is 0 Å². The van der Waals surface area contributed by atoms with E-state index in [1.54, 1.807) is 6.08 Å². The van der Waals surface area contributed by atoms with E-state index >= 15 is 0 Å². The molecule has 0 unspecified atom stereocenters. The summed E-state index contributed by atoms with van der Waals surface area (Å²) in [5, 5.41) is 0. The fraction of sp³-hybridized carbons (Fsp3) is 0.533. The fourth-order valence-corrected chi connectivity index (χ4v) is 1.37. The molecule has 0 aliphatic heterocycles. The van der Waals surface area contributed by atoms with Gasteiger partial charge in [-0.1, -0.05) is 63.0 Å². The van der Waals surface area contributed by atoms with Crippen molar-refractivity contribution in [2.24, 2.45) is 0 Å². The molecule has 0 aromatic heterocycles. The van der Waals surface area contributed by atoms with Crippen molar-refractivity contribution in [3.8, 4) is 0 Å². The topological polar surface area (TPSA) is 26.3 Å². The number of esters is 1. The molecule has 96 valence electrons. The molecule has 0 rings (SSSR count). The number of carbonyl (C=O) groups excluding carboxylic acids is 1. The third-order valence-corrected chi connectivity index (χ3v) is 2.38. The molecule has 0 aromatic rings. The van der Waals surface area contributed by atoms with Gasteiger partial charge in [0.25, 0.3) is 0 Å². The molecule has 0 spiro atoms. The molecule has 0 bridgehead atoms. The highest BCUT2D eigenvalue weighted by atomic mass is 16.5. The Balaban J connectivity index is 3.44. The van der Waals surface area contributed by atoms with Crippen LogP contribution in [0.4, 0.5) is 0 Å². The Bertz CT molecular complexity index is 262. The summed E-state index contributed by atoms with van der Waals surface area (Å²) in [6.45, 7) is 2.23. The molecule has 2 heteroatoms. The van der Waals surface area contributed by atoms with Crippen LogP contribution in [0.15, 0.2) is 36.5 Å². The molecule has 0 radical (unpaired) electrons. The number of ether oxygens (including phenoxy) is 1. The van der Waals surface area contributed by atoms with E-state index in [0.29, 0.717) is 0 Å². The number of allylic oxidation sites excluding steroid dienone is 5. The maximum atomic E-state index is 10.7. The number of hydrogen-bond acceptors (Lipinski definition) is 2. The van der Waals surface area contributed by atoms with Gasteiger partial charge < -0.3 is 4.74 Å². The van der Waals surface area contributed by atoms with E-state index in [4.69, 9.17) is 0 Å². The first-order chi connectivity index (χ1) is 8.31. The number of hydrogen-bond donors (Lipinski definition) is 0. The highest BCUT2D eigenvalue weighted by molar-refractivity contribution is 5.82. The van der Waals surface area contributed by atoms with Crippen molar-refractivity contribution in [1.82, 2.24) is 0 Å². The van der Waals surface area contributed by atoms with Crippen molar-refractivity contribution in [3.05, 3.63) is 36.5 Å². The normalized spacial score (nSPS) is 11.9. The molecule has 0 aliphatic rings. The van der Waals surface area contributed by atoms with Crippen LogP contribution in [-0.2, 0) is 9.53 Å². The van der Waals surface area contributed by atoms with Crippen molar-refractivity contribution in [3.63, 3.8) is 0 Å². The van der Waals surface area contributed by atoms with Crippen LogP contribution >= 0.6 is 0 Å². The van der Waals surface area contributed by atoms with Gasteiger partial charge in [-0.25, -0.2) is 4.79 Å². The molecule has 0 saturated heterocycles. The SMILES string of the molecule is CCCCCCCC=CC=CC=CC(=O)OC. The van der Waals surface area contributed by atoms with Crippen LogP contribution in [0.3, 0.4) is 0 Å². The summed E-state index contributed by atoms with van der Waals surface area (Å²) in [6, 6.07) is 0. The Hall–Kier alpha value is -1.31. The van der Waals surface area contributed by atoms with E-state index in [0.717, 1.165) is 6.42 Å². The van der Waals surface area contributed by atoms with Crippen LogP contribution < -0.4 is 0 Å². The van der Waals surface area contributed by atoms with Gasteiger partial charge in [-0.2, -0.15) is 0 Å². The standard InChI is InChI=1S/C15H24O2/c1-3-4-5-6-7-8-9-10-11-12-13-14-15(16)17-2/h9-14H,3-8H2,1-2H3. The van der Waals surface area contributed by atoms with Crippen molar-refractivity contribution >= 4 is 5.97 Å². The summed E-state index contributed by atoms with van der Waals surface area (Å²) >= 11 is 0. The third-order valence-electron chi connectivity index (χ3n) is 2.38. The second-order valence-electron chi connectivity index (χ2n) is 3.90. The Morgan fingerprint density at radius 3 is 2.41 bits per heavy atom. The fourth-order valence-electron chi connectivity index (χ4n) is 1.37. The lowest BCUT2D eigenvalue weighted by molar-refractivity contribution is -0.134. The molecular formula is C15H24O2. The molecular weight excluding hydrogens is 212 g/mol. The number of unbranched alkanes of at least 4 members (excludes halogenated alkanes) is 5. The Morgan fingerprint density at radius 2 is 1.71 bits per heavy atom. The zero-order chi connectivity index (χ0) is 12.8. The monoisotopic (exact) mass is 236 g/mol. The summed E-state index contributed by atoms with van der Waals surface area (Å²) < 4.78 is 4.46. The van der Waals surface area contributed by atoms with Gasteiger partial charge in [-0.3, -0.25) is 0 Å². The van der Waals surface area contributed by atoms with Gasteiger partial charge in [-0.05, 0) is 12.8 Å². The van der Waals surface area contributed by atoms with E-state index in [-0.39, 0.29) is 5.97 Å². The lowest BCUT2D eigenvalue weighted by Gasteiger charge is -1.95. The van der Waals surface area contributed by atoms with Crippen molar-refractivity contribution in [1.29, 1.82) is 0 Å². The largest absolute Gasteiger partial charge is 0.466 e. The summed E-state index contributed by atoms with van der Waals surface area (Å²) in [4.78, 5) is 10.7. The highest BCUT2D eigenvalue weighted by Gasteiger charge is 1.86. The van der Waals surface area contributed by atoms with Crippen molar-refractivity contribution in [2.45, 2.75) is 45.4 Å². The molecule has 0 atom stereocenters. The van der Waals surface area contributed by atoms with E-state index < -0.39 is 0 Å². The summed E-state index contributed by atoms with van der Waals surface area (Å²) in [5.74, 6) is -0.324. The molecule has 17 heavy (non-hydrogen) atoms. The minimum atomic E-state index is -0.324. The second-order valence-corrected chi connectivity index (χ2v) is 3.90. The third kappa shape index (κ3) is 12.6. The van der Waals surface area contributed by atoms with Gasteiger partial charge in [0, 0.05) is 6.08 Å². The Kier molecular flexibility index (Phi) is 11.8. The van der Waals surface area contributed by atoms with Gasteiger partial charge in [0.05, 0.1) is 7.11 Å². The van der Waals surface area contributed by atoms with Crippen LogP contribution in [0.5, 0.6) is 0 Å². The number of rotatable bonds is 9. The maximum absolute atomic E-state index is 10.7. The number of methoxy groups -OCH3 is 1. The lowest BCUT2D eigenvalue weighted by Crippen LogP contribution is -1.92. The molecule has 0 N–H and O–H groups in total. The smallest absolute Gasteiger partial charge is 0.330 e. The molecule has 0 aliphatic carbocycles. The zero-order valence-electron chi connectivity index (χ0n) is 11.0. The van der Waals surface area contributed by atoms with Crippen LogP contribution in [-0.4, -0.2) is 13.1 Å². The van der Waals surface area contributed by atoms with Crippen LogP contribution in [0, 0.1) is 0 Å². The maximum Gasteiger partial charge on any atom is 0.330 e. The minimum Gasteiger partial charge on any atom is -0.466 e. The van der Waals surface area contributed by atoms with Gasteiger partial charge in [-0.15, -0.1) is 0 Å². The van der Waals surface area contributed by atoms with Crippen LogP contribution in [0.25, 0.3) is 0 Å². The Morgan fingerprint density at radius 1 is 1.00 bits per heavy atom. The van der Waals surface area contributed by atoms with Crippen molar-refractivity contribution in [2.75, 3.05) is 7.11 Å². The highest BCUT2D eigenvalue weighted by Crippen LogP contribution is 2.05.